The number of hydrogen-bond donors (Lipinski definition) is 1. The lowest BCUT2D eigenvalue weighted by molar-refractivity contribution is 0.305. The van der Waals surface area contributed by atoms with Gasteiger partial charge in [0.15, 0.2) is 0 Å². The van der Waals surface area contributed by atoms with Gasteiger partial charge in [0, 0.05) is 24.8 Å². The fourth-order valence-corrected chi connectivity index (χ4v) is 1.84. The lowest BCUT2D eigenvalue weighted by Gasteiger charge is -2.10. The van der Waals surface area contributed by atoms with Crippen molar-refractivity contribution in [1.29, 1.82) is 0 Å². The van der Waals surface area contributed by atoms with Crippen LogP contribution in [0.3, 0.4) is 0 Å². The van der Waals surface area contributed by atoms with Crippen molar-refractivity contribution < 1.29 is 9.47 Å². The number of aromatic nitrogens is 1. The molecule has 0 aliphatic carbocycles. The third-order valence-corrected chi connectivity index (χ3v) is 3.04. The Kier molecular flexibility index (Phi) is 5.58. The van der Waals surface area contributed by atoms with Crippen LogP contribution >= 0.6 is 0 Å². The highest BCUT2D eigenvalue weighted by molar-refractivity contribution is 5.28. The number of nitrogens with one attached hydrogen (secondary N) is 1. The van der Waals surface area contributed by atoms with Gasteiger partial charge in [-0.2, -0.15) is 0 Å². The fraction of sp³-hybridized carbons (Fsp3) is 0.353. The molecule has 0 saturated heterocycles. The number of nitrogens with zero attached hydrogens (tertiary/aromatic N) is 1. The molecule has 112 valence electrons. The summed E-state index contributed by atoms with van der Waals surface area (Å²) in [4.78, 5) is 4.33. The molecule has 0 atom stereocenters. The molecule has 2 aromatic rings. The van der Waals surface area contributed by atoms with Crippen LogP contribution in [0.2, 0.25) is 0 Å². The van der Waals surface area contributed by atoms with E-state index in [1.807, 2.05) is 36.4 Å². The Labute approximate surface area is 126 Å². The van der Waals surface area contributed by atoms with Gasteiger partial charge in [-0.1, -0.05) is 26.0 Å². The summed E-state index contributed by atoms with van der Waals surface area (Å²) in [5, 5.41) is 3.34. The summed E-state index contributed by atoms with van der Waals surface area (Å²) in [5.74, 6) is 1.69. The van der Waals surface area contributed by atoms with Crippen molar-refractivity contribution in [1.82, 2.24) is 10.3 Å². The average Bonchev–Trinajstić information content (AvgIpc) is 2.52. The van der Waals surface area contributed by atoms with Crippen LogP contribution in [0.5, 0.6) is 11.5 Å². The summed E-state index contributed by atoms with van der Waals surface area (Å²) in [6, 6.07) is 12.2. The van der Waals surface area contributed by atoms with Gasteiger partial charge in [0.25, 0.3) is 0 Å². The third kappa shape index (κ3) is 5.08. The van der Waals surface area contributed by atoms with E-state index in [9.17, 15) is 0 Å². The Morgan fingerprint density at radius 1 is 1.10 bits per heavy atom. The van der Waals surface area contributed by atoms with Crippen LogP contribution in [0.25, 0.3) is 0 Å². The molecule has 1 N–H and O–H groups in total. The van der Waals surface area contributed by atoms with E-state index in [2.05, 4.69) is 24.1 Å². The highest BCUT2D eigenvalue weighted by atomic mass is 16.5. The zero-order valence-corrected chi connectivity index (χ0v) is 12.8. The molecule has 0 saturated carbocycles. The van der Waals surface area contributed by atoms with Gasteiger partial charge >= 0.3 is 0 Å². The van der Waals surface area contributed by atoms with Crippen LogP contribution in [0.1, 0.15) is 25.1 Å². The molecule has 0 bridgehead atoms. The van der Waals surface area contributed by atoms with Crippen molar-refractivity contribution in [2.24, 2.45) is 0 Å². The molecule has 4 nitrogen and oxygen atoms in total. The van der Waals surface area contributed by atoms with Crippen molar-refractivity contribution in [3.63, 3.8) is 0 Å². The Hall–Kier alpha value is -2.07. The zero-order valence-electron chi connectivity index (χ0n) is 12.8. The third-order valence-electron chi connectivity index (χ3n) is 3.04. The molecule has 1 aromatic carbocycles. The Bertz CT molecular complexity index is 553. The first-order chi connectivity index (χ1) is 10.2. The van der Waals surface area contributed by atoms with Crippen LogP contribution in [0, 0.1) is 0 Å². The predicted octanol–water partition coefficient (Wildman–Crippen LogP) is 3.17. The first-order valence-corrected chi connectivity index (χ1v) is 7.11. The summed E-state index contributed by atoms with van der Waals surface area (Å²) in [6.45, 7) is 5.51. The lowest BCUT2D eigenvalue weighted by Crippen LogP contribution is -2.22. The molecule has 0 aliphatic heterocycles. The summed E-state index contributed by atoms with van der Waals surface area (Å²) in [7, 11) is 1.66. The van der Waals surface area contributed by atoms with E-state index in [1.54, 1.807) is 13.3 Å². The number of methoxy groups -OCH3 is 1. The Balaban J connectivity index is 1.91. The average molecular weight is 286 g/mol. The van der Waals surface area contributed by atoms with E-state index >= 15 is 0 Å². The van der Waals surface area contributed by atoms with Gasteiger partial charge in [0.1, 0.15) is 18.1 Å². The van der Waals surface area contributed by atoms with Gasteiger partial charge in [0.05, 0.1) is 12.8 Å². The minimum Gasteiger partial charge on any atom is -0.497 e. The van der Waals surface area contributed by atoms with Gasteiger partial charge in [-0.05, 0) is 23.8 Å². The minimum atomic E-state index is 0.440. The standard InChI is InChI=1S/C17H22N2O2/c1-13(2)19-11-15-10-17(8-9-18-15)21-12-14-4-6-16(20-3)7-5-14/h4-10,13,19H,11-12H2,1-3H3. The second-order valence-corrected chi connectivity index (χ2v) is 5.16. The first kappa shape index (κ1) is 15.3. The highest BCUT2D eigenvalue weighted by Gasteiger charge is 2.01. The van der Waals surface area contributed by atoms with Crippen LogP contribution < -0.4 is 14.8 Å². The lowest BCUT2D eigenvalue weighted by atomic mass is 10.2. The molecule has 4 heteroatoms. The van der Waals surface area contributed by atoms with E-state index in [-0.39, 0.29) is 0 Å². The van der Waals surface area contributed by atoms with E-state index in [1.165, 1.54) is 0 Å². The monoisotopic (exact) mass is 286 g/mol. The van der Waals surface area contributed by atoms with Crippen LogP contribution in [-0.2, 0) is 13.2 Å². The molecule has 0 unspecified atom stereocenters. The maximum absolute atomic E-state index is 5.80. The molecular formula is C17H22N2O2. The smallest absolute Gasteiger partial charge is 0.123 e. The van der Waals surface area contributed by atoms with E-state index in [0.29, 0.717) is 12.6 Å². The van der Waals surface area contributed by atoms with Gasteiger partial charge in [-0.25, -0.2) is 0 Å². The molecule has 0 amide bonds. The summed E-state index contributed by atoms with van der Waals surface area (Å²) >= 11 is 0. The Morgan fingerprint density at radius 3 is 2.52 bits per heavy atom. The number of rotatable bonds is 7. The quantitative estimate of drug-likeness (QED) is 0.849. The first-order valence-electron chi connectivity index (χ1n) is 7.11. The molecule has 0 fully saturated rings. The maximum Gasteiger partial charge on any atom is 0.123 e. The second kappa shape index (κ2) is 7.64. The number of hydrogen-bond acceptors (Lipinski definition) is 4. The molecule has 0 radical (unpaired) electrons. The molecule has 1 aromatic heterocycles. The van der Waals surface area contributed by atoms with Gasteiger partial charge in [-0.15, -0.1) is 0 Å². The van der Waals surface area contributed by atoms with Gasteiger partial charge in [-0.3, -0.25) is 4.98 Å². The zero-order chi connectivity index (χ0) is 15.1. The van der Waals surface area contributed by atoms with Crippen molar-refractivity contribution in [3.8, 4) is 11.5 Å². The number of pyridine rings is 1. The SMILES string of the molecule is COc1ccc(COc2ccnc(CNC(C)C)c2)cc1. The molecule has 0 aliphatic rings. The largest absolute Gasteiger partial charge is 0.497 e. The summed E-state index contributed by atoms with van der Waals surface area (Å²) < 4.78 is 10.9. The van der Waals surface area contributed by atoms with E-state index < -0.39 is 0 Å². The van der Waals surface area contributed by atoms with Gasteiger partial charge < -0.3 is 14.8 Å². The summed E-state index contributed by atoms with van der Waals surface area (Å²) in [5.41, 5.74) is 2.09. The van der Waals surface area contributed by atoms with Crippen molar-refractivity contribution >= 4 is 0 Å². The molecular weight excluding hydrogens is 264 g/mol. The maximum atomic E-state index is 5.80. The molecule has 0 spiro atoms. The van der Waals surface area contributed by atoms with E-state index in [4.69, 9.17) is 9.47 Å². The topological polar surface area (TPSA) is 43.4 Å². The summed E-state index contributed by atoms with van der Waals surface area (Å²) in [6.07, 6.45) is 1.78. The second-order valence-electron chi connectivity index (χ2n) is 5.16. The van der Waals surface area contributed by atoms with Gasteiger partial charge in [0.2, 0.25) is 0 Å². The molecule has 21 heavy (non-hydrogen) atoms. The molecule has 1 heterocycles. The minimum absolute atomic E-state index is 0.440. The van der Waals surface area contributed by atoms with Crippen LogP contribution in [0.15, 0.2) is 42.6 Å². The van der Waals surface area contributed by atoms with Crippen molar-refractivity contribution in [2.45, 2.75) is 33.0 Å². The highest BCUT2D eigenvalue weighted by Crippen LogP contribution is 2.15. The van der Waals surface area contributed by atoms with Crippen molar-refractivity contribution in [3.05, 3.63) is 53.9 Å². The van der Waals surface area contributed by atoms with E-state index in [0.717, 1.165) is 29.3 Å². The fourth-order valence-electron chi connectivity index (χ4n) is 1.84. The van der Waals surface area contributed by atoms with Crippen LogP contribution in [0.4, 0.5) is 0 Å². The molecule has 2 rings (SSSR count). The predicted molar refractivity (Wildman–Crippen MR) is 83.5 cm³/mol. The normalized spacial score (nSPS) is 10.7. The van der Waals surface area contributed by atoms with Crippen molar-refractivity contribution in [2.75, 3.05) is 7.11 Å². The number of ether oxygens (including phenoxy) is 2. The number of benzene rings is 1. The Morgan fingerprint density at radius 2 is 1.86 bits per heavy atom. The van der Waals surface area contributed by atoms with Crippen LogP contribution in [-0.4, -0.2) is 18.1 Å².